The molecule has 178 valence electrons. The first kappa shape index (κ1) is 25.6. The minimum Gasteiger partial charge on any atom is -0.478 e. The van der Waals surface area contributed by atoms with Crippen LogP contribution in [0.1, 0.15) is 59.1 Å². The van der Waals surface area contributed by atoms with E-state index in [2.05, 4.69) is 10.6 Å². The fourth-order valence-electron chi connectivity index (χ4n) is 3.28. The van der Waals surface area contributed by atoms with Crippen molar-refractivity contribution >= 4 is 24.2 Å². The van der Waals surface area contributed by atoms with E-state index < -0.39 is 23.7 Å². The van der Waals surface area contributed by atoms with Gasteiger partial charge in [0.15, 0.2) is 5.76 Å². The highest BCUT2D eigenvalue weighted by molar-refractivity contribution is 5.93. The van der Waals surface area contributed by atoms with E-state index in [4.69, 9.17) is 4.42 Å². The van der Waals surface area contributed by atoms with Crippen LogP contribution >= 0.6 is 0 Å². The maximum absolute atomic E-state index is 12.4. The number of amides is 3. The maximum atomic E-state index is 12.4. The number of carbonyl (C=O) groups is 4. The van der Waals surface area contributed by atoms with Crippen LogP contribution in [0.2, 0.25) is 0 Å². The Morgan fingerprint density at radius 1 is 1.15 bits per heavy atom. The van der Waals surface area contributed by atoms with E-state index >= 15 is 0 Å². The molecule has 2 aromatic rings. The van der Waals surface area contributed by atoms with Gasteiger partial charge >= 0.3 is 5.97 Å². The molecule has 0 unspecified atom stereocenters. The lowest BCUT2D eigenvalue weighted by molar-refractivity contribution is -0.154. The number of benzene rings is 1. The van der Waals surface area contributed by atoms with Crippen LogP contribution in [0.5, 0.6) is 0 Å². The van der Waals surface area contributed by atoms with Gasteiger partial charge in [-0.2, -0.15) is 0 Å². The number of unbranched alkanes of at least 4 members (excludes halogenated alkanes) is 2. The molecule has 2 rings (SSSR count). The lowest BCUT2D eigenvalue weighted by atomic mass is 10.0. The molecular weight excluding hydrogens is 430 g/mol. The molecule has 33 heavy (non-hydrogen) atoms. The number of nitrogens with zero attached hydrogens (tertiary/aromatic N) is 1. The van der Waals surface area contributed by atoms with Crippen LogP contribution in [-0.2, 0) is 9.59 Å². The minimum absolute atomic E-state index is 0.00122. The number of hydrogen-bond acceptors (Lipinski definition) is 6. The molecule has 0 saturated carbocycles. The number of carboxylic acid groups (broad SMARTS) is 1. The summed E-state index contributed by atoms with van der Waals surface area (Å²) in [7, 11) is 0. The zero-order valence-corrected chi connectivity index (χ0v) is 18.7. The molecule has 10 heteroatoms. The smallest absolute Gasteiger partial charge is 0.335 e. The van der Waals surface area contributed by atoms with Crippen molar-refractivity contribution < 1.29 is 33.9 Å². The van der Waals surface area contributed by atoms with Crippen molar-refractivity contribution in [2.24, 2.45) is 5.92 Å². The Balaban J connectivity index is 1.94. The molecule has 0 spiro atoms. The van der Waals surface area contributed by atoms with Crippen LogP contribution in [-0.4, -0.2) is 52.8 Å². The zero-order chi connectivity index (χ0) is 24.4. The maximum Gasteiger partial charge on any atom is 0.335 e. The number of aryl methyl sites for hydroxylation is 1. The SMILES string of the molecule is CCCCC[C@H](CN(O)C=O)C(=O)NCNC(=O)c1ccc(-c2ccc(C)c(C(=O)O)c2)o1. The highest BCUT2D eigenvalue weighted by atomic mass is 16.5. The normalized spacial score (nSPS) is 11.5. The van der Waals surface area contributed by atoms with E-state index in [1.54, 1.807) is 25.1 Å². The molecule has 1 heterocycles. The molecule has 1 aromatic carbocycles. The second-order valence-corrected chi connectivity index (χ2v) is 7.64. The molecular formula is C23H29N3O7. The minimum atomic E-state index is -1.06. The van der Waals surface area contributed by atoms with E-state index in [-0.39, 0.29) is 30.9 Å². The lowest BCUT2D eigenvalue weighted by Gasteiger charge is -2.19. The summed E-state index contributed by atoms with van der Waals surface area (Å²) in [5.74, 6) is -2.29. The van der Waals surface area contributed by atoms with Gasteiger partial charge in [-0.1, -0.05) is 38.3 Å². The monoisotopic (exact) mass is 459 g/mol. The second kappa shape index (κ2) is 12.4. The molecule has 1 aromatic heterocycles. The van der Waals surface area contributed by atoms with Gasteiger partial charge in [0.2, 0.25) is 12.3 Å². The number of nitrogens with one attached hydrogen (secondary N) is 2. The predicted molar refractivity (Wildman–Crippen MR) is 119 cm³/mol. The van der Waals surface area contributed by atoms with E-state index in [0.29, 0.717) is 28.4 Å². The summed E-state index contributed by atoms with van der Waals surface area (Å²) >= 11 is 0. The number of hydroxylamine groups is 2. The van der Waals surface area contributed by atoms with Gasteiger partial charge in [0.25, 0.3) is 5.91 Å². The summed E-state index contributed by atoms with van der Waals surface area (Å²) in [6, 6.07) is 7.84. The molecule has 0 saturated heterocycles. The number of furan rings is 1. The van der Waals surface area contributed by atoms with Gasteiger partial charge in [-0.3, -0.25) is 19.6 Å². The highest BCUT2D eigenvalue weighted by Crippen LogP contribution is 2.25. The van der Waals surface area contributed by atoms with Gasteiger partial charge in [-0.05, 0) is 37.1 Å². The Bertz CT molecular complexity index is 986. The van der Waals surface area contributed by atoms with Crippen molar-refractivity contribution in [3.05, 3.63) is 47.2 Å². The van der Waals surface area contributed by atoms with Gasteiger partial charge in [-0.25, -0.2) is 9.86 Å². The summed E-state index contributed by atoms with van der Waals surface area (Å²) in [6.45, 7) is 3.41. The fourth-order valence-corrected chi connectivity index (χ4v) is 3.28. The van der Waals surface area contributed by atoms with E-state index in [0.717, 1.165) is 19.3 Å². The summed E-state index contributed by atoms with van der Waals surface area (Å²) < 4.78 is 5.55. The second-order valence-electron chi connectivity index (χ2n) is 7.64. The molecule has 0 aliphatic rings. The van der Waals surface area contributed by atoms with Crippen molar-refractivity contribution in [1.29, 1.82) is 0 Å². The first-order valence-electron chi connectivity index (χ1n) is 10.7. The molecule has 10 nitrogen and oxygen atoms in total. The van der Waals surface area contributed by atoms with Gasteiger partial charge in [-0.15, -0.1) is 0 Å². The molecule has 0 aliphatic heterocycles. The average Bonchev–Trinajstić information content (AvgIpc) is 3.28. The quantitative estimate of drug-likeness (QED) is 0.118. The Morgan fingerprint density at radius 3 is 2.58 bits per heavy atom. The van der Waals surface area contributed by atoms with E-state index in [1.165, 1.54) is 12.1 Å². The van der Waals surface area contributed by atoms with Crippen LogP contribution in [0.15, 0.2) is 34.7 Å². The predicted octanol–water partition coefficient (Wildman–Crippen LogP) is 2.80. The van der Waals surface area contributed by atoms with Crippen molar-refractivity contribution in [2.75, 3.05) is 13.2 Å². The van der Waals surface area contributed by atoms with Gasteiger partial charge in [0.05, 0.1) is 24.7 Å². The van der Waals surface area contributed by atoms with Crippen LogP contribution in [0.3, 0.4) is 0 Å². The zero-order valence-electron chi connectivity index (χ0n) is 18.7. The van der Waals surface area contributed by atoms with Gasteiger partial charge < -0.3 is 20.2 Å². The van der Waals surface area contributed by atoms with Crippen molar-refractivity contribution in [3.63, 3.8) is 0 Å². The third-order valence-corrected chi connectivity index (χ3v) is 5.15. The lowest BCUT2D eigenvalue weighted by Crippen LogP contribution is -2.42. The van der Waals surface area contributed by atoms with Crippen molar-refractivity contribution in [3.8, 4) is 11.3 Å². The number of hydrogen-bond donors (Lipinski definition) is 4. The topological polar surface area (TPSA) is 149 Å². The van der Waals surface area contributed by atoms with E-state index in [9.17, 15) is 29.5 Å². The first-order valence-corrected chi connectivity index (χ1v) is 10.7. The van der Waals surface area contributed by atoms with Crippen molar-refractivity contribution in [2.45, 2.75) is 39.5 Å². The van der Waals surface area contributed by atoms with Gasteiger partial charge in [0, 0.05) is 5.56 Å². The summed E-state index contributed by atoms with van der Waals surface area (Å²) in [5.41, 5.74) is 1.27. The van der Waals surface area contributed by atoms with Crippen molar-refractivity contribution in [1.82, 2.24) is 15.7 Å². The van der Waals surface area contributed by atoms with Crippen LogP contribution in [0.25, 0.3) is 11.3 Å². The molecule has 4 N–H and O–H groups in total. The molecule has 0 fully saturated rings. The third-order valence-electron chi connectivity index (χ3n) is 5.15. The summed E-state index contributed by atoms with van der Waals surface area (Å²) in [5, 5.41) is 24.2. The van der Waals surface area contributed by atoms with Gasteiger partial charge in [0.1, 0.15) is 5.76 Å². The van der Waals surface area contributed by atoms with Crippen LogP contribution in [0, 0.1) is 12.8 Å². The summed E-state index contributed by atoms with van der Waals surface area (Å²) in [6.07, 6.45) is 3.39. The highest BCUT2D eigenvalue weighted by Gasteiger charge is 2.21. The first-order chi connectivity index (χ1) is 15.8. The molecule has 3 amide bonds. The third kappa shape index (κ3) is 7.46. The molecule has 0 radical (unpaired) electrons. The number of aromatic carboxylic acids is 1. The molecule has 1 atom stereocenters. The Hall–Kier alpha value is -3.66. The Kier molecular flexibility index (Phi) is 9.62. The fraction of sp³-hybridized carbons (Fsp3) is 0.391. The number of carboxylic acids is 1. The number of rotatable bonds is 13. The average molecular weight is 459 g/mol. The standard InChI is InChI=1S/C23H29N3O7/c1-3-4-5-6-17(12-26(32)14-27)21(28)24-13-25-22(29)20-10-9-19(33-20)16-8-7-15(2)18(11-16)23(30)31/h7-11,14,17,32H,3-6,12-13H2,1-2H3,(H,24,28)(H,25,29)(H,30,31)/t17-/m1/s1. The summed E-state index contributed by atoms with van der Waals surface area (Å²) in [4.78, 5) is 46.8. The molecule has 0 bridgehead atoms. The number of carbonyl (C=O) groups excluding carboxylic acids is 3. The van der Waals surface area contributed by atoms with Crippen LogP contribution < -0.4 is 10.6 Å². The Labute approximate surface area is 191 Å². The largest absolute Gasteiger partial charge is 0.478 e. The van der Waals surface area contributed by atoms with Crippen LogP contribution in [0.4, 0.5) is 0 Å². The molecule has 0 aliphatic carbocycles. The van der Waals surface area contributed by atoms with E-state index in [1.807, 2.05) is 6.92 Å². The Morgan fingerprint density at radius 2 is 1.91 bits per heavy atom.